The molecule has 76 valence electrons. The van der Waals surface area contributed by atoms with E-state index in [-0.39, 0.29) is 5.76 Å². The lowest BCUT2D eigenvalue weighted by Gasteiger charge is -2.02. The number of aromatic nitrogens is 1. The molecular formula is C9H10BrNO3. The average molecular weight is 260 g/mol. The predicted molar refractivity (Wildman–Crippen MR) is 52.4 cm³/mol. The van der Waals surface area contributed by atoms with E-state index < -0.39 is 5.97 Å². The Balaban J connectivity index is 2.30. The molecule has 1 aromatic heterocycles. The fraction of sp³-hybridized carbons (Fsp3) is 0.556. The first kappa shape index (κ1) is 9.71. The Morgan fingerprint density at radius 1 is 1.50 bits per heavy atom. The molecule has 0 amide bonds. The predicted octanol–water partition coefficient (Wildman–Crippen LogP) is 2.79. The van der Waals surface area contributed by atoms with E-state index in [4.69, 9.17) is 9.63 Å². The van der Waals surface area contributed by atoms with E-state index in [0.29, 0.717) is 10.4 Å². The van der Waals surface area contributed by atoms with Gasteiger partial charge in [0.25, 0.3) is 5.76 Å². The van der Waals surface area contributed by atoms with Gasteiger partial charge in [0.2, 0.25) is 0 Å². The molecule has 1 aliphatic carbocycles. The van der Waals surface area contributed by atoms with Crippen LogP contribution in [-0.4, -0.2) is 16.2 Å². The molecule has 2 rings (SSSR count). The number of carboxylic acid groups (broad SMARTS) is 1. The Morgan fingerprint density at radius 2 is 2.14 bits per heavy atom. The lowest BCUT2D eigenvalue weighted by Crippen LogP contribution is -1.96. The van der Waals surface area contributed by atoms with Crippen LogP contribution in [0.25, 0.3) is 0 Å². The van der Waals surface area contributed by atoms with Crippen molar-refractivity contribution in [2.24, 2.45) is 0 Å². The molecule has 0 aliphatic heterocycles. The zero-order chi connectivity index (χ0) is 10.1. The van der Waals surface area contributed by atoms with Gasteiger partial charge in [0.05, 0.1) is 4.47 Å². The molecule has 1 N–H and O–H groups in total. The summed E-state index contributed by atoms with van der Waals surface area (Å²) in [5.74, 6) is -0.804. The molecule has 0 bridgehead atoms. The number of halogens is 1. The van der Waals surface area contributed by atoms with Crippen molar-refractivity contribution in [2.75, 3.05) is 0 Å². The van der Waals surface area contributed by atoms with Crippen LogP contribution in [0.1, 0.15) is 47.8 Å². The summed E-state index contributed by atoms with van der Waals surface area (Å²) in [6, 6.07) is 0. The van der Waals surface area contributed by atoms with Gasteiger partial charge in [-0.1, -0.05) is 18.0 Å². The Labute approximate surface area is 89.4 Å². The molecule has 1 aromatic rings. The Morgan fingerprint density at radius 3 is 2.64 bits per heavy atom. The van der Waals surface area contributed by atoms with Crippen LogP contribution in [0.4, 0.5) is 0 Å². The first-order valence-corrected chi connectivity index (χ1v) is 5.38. The SMILES string of the molecule is O=C(O)c1onc(C2CCCC2)c1Br. The van der Waals surface area contributed by atoms with Crippen molar-refractivity contribution in [3.63, 3.8) is 0 Å². The average Bonchev–Trinajstić information content (AvgIpc) is 2.71. The van der Waals surface area contributed by atoms with Crippen molar-refractivity contribution < 1.29 is 14.4 Å². The fourth-order valence-corrected chi connectivity index (χ4v) is 2.52. The quantitative estimate of drug-likeness (QED) is 0.887. The summed E-state index contributed by atoms with van der Waals surface area (Å²) in [4.78, 5) is 10.7. The van der Waals surface area contributed by atoms with Crippen LogP contribution in [0.15, 0.2) is 9.00 Å². The third kappa shape index (κ3) is 1.56. The molecular weight excluding hydrogens is 250 g/mol. The first-order valence-electron chi connectivity index (χ1n) is 4.58. The number of carboxylic acids is 1. The standard InChI is InChI=1S/C9H10BrNO3/c10-6-7(5-3-1-2-4-5)11-14-8(6)9(12)13/h5H,1-4H2,(H,12,13). The number of hydrogen-bond acceptors (Lipinski definition) is 3. The Hall–Kier alpha value is -0.840. The highest BCUT2D eigenvalue weighted by atomic mass is 79.9. The van der Waals surface area contributed by atoms with Gasteiger partial charge in [-0.3, -0.25) is 0 Å². The molecule has 1 heterocycles. The molecule has 1 fully saturated rings. The molecule has 0 radical (unpaired) electrons. The molecule has 0 spiro atoms. The molecule has 4 nitrogen and oxygen atoms in total. The third-order valence-corrected chi connectivity index (χ3v) is 3.36. The summed E-state index contributed by atoms with van der Waals surface area (Å²) in [5.41, 5.74) is 0.764. The van der Waals surface area contributed by atoms with Crippen LogP contribution in [0.5, 0.6) is 0 Å². The van der Waals surface area contributed by atoms with Gasteiger partial charge in [-0.05, 0) is 28.8 Å². The Bertz CT molecular complexity index is 355. The number of nitrogens with zero attached hydrogens (tertiary/aromatic N) is 1. The maximum atomic E-state index is 10.7. The summed E-state index contributed by atoms with van der Waals surface area (Å²) in [6.07, 6.45) is 4.52. The van der Waals surface area contributed by atoms with Crippen LogP contribution in [-0.2, 0) is 0 Å². The normalized spacial score (nSPS) is 17.5. The van der Waals surface area contributed by atoms with Crippen LogP contribution in [0, 0.1) is 0 Å². The van der Waals surface area contributed by atoms with Crippen LogP contribution < -0.4 is 0 Å². The molecule has 0 unspecified atom stereocenters. The number of aromatic carboxylic acids is 1. The minimum absolute atomic E-state index is 0.0908. The fourth-order valence-electron chi connectivity index (χ4n) is 1.88. The smallest absolute Gasteiger partial charge is 0.375 e. The summed E-state index contributed by atoms with van der Waals surface area (Å²) in [5, 5.41) is 12.6. The summed E-state index contributed by atoms with van der Waals surface area (Å²) < 4.78 is 5.28. The number of hydrogen-bond donors (Lipinski definition) is 1. The lowest BCUT2D eigenvalue weighted by atomic mass is 10.0. The summed E-state index contributed by atoms with van der Waals surface area (Å²) >= 11 is 3.22. The van der Waals surface area contributed by atoms with E-state index in [2.05, 4.69) is 21.1 Å². The maximum Gasteiger partial charge on any atom is 0.375 e. The minimum Gasteiger partial charge on any atom is -0.475 e. The van der Waals surface area contributed by atoms with Crippen molar-refractivity contribution in [1.82, 2.24) is 5.16 Å². The Kier molecular flexibility index (Phi) is 2.58. The van der Waals surface area contributed by atoms with Gasteiger partial charge in [0.1, 0.15) is 5.69 Å². The van der Waals surface area contributed by atoms with Gasteiger partial charge in [-0.25, -0.2) is 4.79 Å². The van der Waals surface area contributed by atoms with E-state index in [0.717, 1.165) is 18.5 Å². The van der Waals surface area contributed by atoms with E-state index >= 15 is 0 Å². The van der Waals surface area contributed by atoms with Crippen LogP contribution in [0.3, 0.4) is 0 Å². The molecule has 5 heteroatoms. The van der Waals surface area contributed by atoms with E-state index in [1.807, 2.05) is 0 Å². The molecule has 0 aromatic carbocycles. The van der Waals surface area contributed by atoms with Gasteiger partial charge in [0, 0.05) is 5.92 Å². The number of carbonyl (C=O) groups is 1. The zero-order valence-electron chi connectivity index (χ0n) is 7.49. The first-order chi connectivity index (χ1) is 6.70. The van der Waals surface area contributed by atoms with E-state index in [9.17, 15) is 4.79 Å². The lowest BCUT2D eigenvalue weighted by molar-refractivity contribution is 0.0650. The monoisotopic (exact) mass is 259 g/mol. The van der Waals surface area contributed by atoms with E-state index in [1.165, 1.54) is 12.8 Å². The molecule has 1 aliphatic rings. The largest absolute Gasteiger partial charge is 0.475 e. The van der Waals surface area contributed by atoms with Crippen molar-refractivity contribution >= 4 is 21.9 Å². The van der Waals surface area contributed by atoms with Gasteiger partial charge < -0.3 is 9.63 Å². The second-order valence-corrected chi connectivity index (χ2v) is 4.29. The molecule has 0 atom stereocenters. The zero-order valence-corrected chi connectivity index (χ0v) is 9.08. The van der Waals surface area contributed by atoms with Crippen molar-refractivity contribution in [1.29, 1.82) is 0 Å². The van der Waals surface area contributed by atoms with Crippen molar-refractivity contribution in [2.45, 2.75) is 31.6 Å². The van der Waals surface area contributed by atoms with E-state index in [1.54, 1.807) is 0 Å². The number of rotatable bonds is 2. The van der Waals surface area contributed by atoms with Gasteiger partial charge in [-0.2, -0.15) is 0 Å². The topological polar surface area (TPSA) is 63.3 Å². The second-order valence-electron chi connectivity index (χ2n) is 3.50. The molecule has 14 heavy (non-hydrogen) atoms. The molecule has 1 saturated carbocycles. The highest BCUT2D eigenvalue weighted by Gasteiger charge is 2.27. The summed E-state index contributed by atoms with van der Waals surface area (Å²) in [7, 11) is 0. The maximum absolute atomic E-state index is 10.7. The second kappa shape index (κ2) is 3.73. The minimum atomic E-state index is -1.08. The molecule has 0 saturated heterocycles. The van der Waals surface area contributed by atoms with Crippen molar-refractivity contribution in [3.05, 3.63) is 15.9 Å². The van der Waals surface area contributed by atoms with Gasteiger partial charge in [-0.15, -0.1) is 0 Å². The van der Waals surface area contributed by atoms with Crippen LogP contribution >= 0.6 is 15.9 Å². The summed E-state index contributed by atoms with van der Waals surface area (Å²) in [6.45, 7) is 0. The highest BCUT2D eigenvalue weighted by Crippen LogP contribution is 2.38. The van der Waals surface area contributed by atoms with Crippen LogP contribution in [0.2, 0.25) is 0 Å². The van der Waals surface area contributed by atoms with Gasteiger partial charge in [0.15, 0.2) is 0 Å². The van der Waals surface area contributed by atoms with Gasteiger partial charge >= 0.3 is 5.97 Å². The third-order valence-electron chi connectivity index (χ3n) is 2.60. The van der Waals surface area contributed by atoms with Crippen molar-refractivity contribution in [3.8, 4) is 0 Å². The highest BCUT2D eigenvalue weighted by molar-refractivity contribution is 9.10.